The first-order valence-corrected chi connectivity index (χ1v) is 17.2. The summed E-state index contributed by atoms with van der Waals surface area (Å²) in [7, 11) is -3.85. The number of fused-ring (bicyclic) bond motifs is 2. The van der Waals surface area contributed by atoms with Crippen LogP contribution in [-0.2, 0) is 29.1 Å². The van der Waals surface area contributed by atoms with Crippen LogP contribution in [0.1, 0.15) is 78.6 Å². The first-order valence-electron chi connectivity index (χ1n) is 15.7. The highest BCUT2D eigenvalue weighted by molar-refractivity contribution is 7.91. The standard InChI is InChI=1S/C31H43N5O8S/c1-30(2,3)44-29(40)33-23-12-8-6-4-5-7-11-20-18-31(20,28(39)35-45(41,42)22-14-15-22)34-26(37)24-17-21(19-36(24)27(23)38)43-25-13-9-10-16-32-25/h7,9-11,13,16,20-24H,4-6,8,12,14-15,17-19H2,1-3H3,(H,33,40)(H,34,37)(H,35,39)/t20-,21-,23+,24+,31-/m1/s1. The summed E-state index contributed by atoms with van der Waals surface area (Å²) in [4.78, 5) is 60.0. The maximum absolute atomic E-state index is 14.1. The van der Waals surface area contributed by atoms with Crippen molar-refractivity contribution in [3.8, 4) is 5.88 Å². The van der Waals surface area contributed by atoms with Crippen LogP contribution in [0.15, 0.2) is 36.5 Å². The van der Waals surface area contributed by atoms with Gasteiger partial charge in [-0.15, -0.1) is 0 Å². The molecule has 3 heterocycles. The molecule has 5 atom stereocenters. The monoisotopic (exact) mass is 645 g/mol. The third-order valence-corrected chi connectivity index (χ3v) is 10.3. The summed E-state index contributed by atoms with van der Waals surface area (Å²) in [5.41, 5.74) is -2.24. The summed E-state index contributed by atoms with van der Waals surface area (Å²) in [5, 5.41) is 4.94. The van der Waals surface area contributed by atoms with E-state index in [-0.39, 0.29) is 19.4 Å². The molecule has 5 rings (SSSR count). The Kier molecular flexibility index (Phi) is 9.43. The van der Waals surface area contributed by atoms with E-state index in [9.17, 15) is 27.6 Å². The predicted molar refractivity (Wildman–Crippen MR) is 163 cm³/mol. The molecule has 246 valence electrons. The lowest BCUT2D eigenvalue weighted by Gasteiger charge is -2.30. The van der Waals surface area contributed by atoms with E-state index in [4.69, 9.17) is 9.47 Å². The van der Waals surface area contributed by atoms with Gasteiger partial charge in [-0.3, -0.25) is 19.1 Å². The molecule has 4 aliphatic rings. The van der Waals surface area contributed by atoms with Crippen LogP contribution in [0.25, 0.3) is 0 Å². The molecule has 2 aliphatic heterocycles. The minimum Gasteiger partial charge on any atom is -0.472 e. The van der Waals surface area contributed by atoms with Gasteiger partial charge in [0.1, 0.15) is 29.3 Å². The first kappa shape index (κ1) is 32.7. The molecule has 3 fully saturated rings. The molecule has 0 bridgehead atoms. The van der Waals surface area contributed by atoms with Crippen molar-refractivity contribution in [1.82, 2.24) is 25.2 Å². The molecule has 13 nitrogen and oxygen atoms in total. The van der Waals surface area contributed by atoms with Crippen molar-refractivity contribution in [3.63, 3.8) is 0 Å². The maximum Gasteiger partial charge on any atom is 0.408 e. The highest BCUT2D eigenvalue weighted by atomic mass is 32.2. The quantitative estimate of drug-likeness (QED) is 0.393. The van der Waals surface area contributed by atoms with E-state index < -0.39 is 74.3 Å². The summed E-state index contributed by atoms with van der Waals surface area (Å²) in [5.74, 6) is -1.91. The number of hydrogen-bond donors (Lipinski definition) is 3. The molecule has 1 aromatic rings. The van der Waals surface area contributed by atoms with E-state index in [0.29, 0.717) is 38.0 Å². The minimum atomic E-state index is -3.85. The molecule has 3 N–H and O–H groups in total. The Balaban J connectivity index is 1.42. The van der Waals surface area contributed by atoms with E-state index >= 15 is 0 Å². The van der Waals surface area contributed by atoms with Crippen molar-refractivity contribution in [2.75, 3.05) is 6.54 Å². The average molecular weight is 646 g/mol. The van der Waals surface area contributed by atoms with Gasteiger partial charge in [0.05, 0.1) is 11.8 Å². The van der Waals surface area contributed by atoms with Gasteiger partial charge in [-0.25, -0.2) is 18.2 Å². The Bertz CT molecular complexity index is 1420. The zero-order valence-corrected chi connectivity index (χ0v) is 26.8. The zero-order valence-electron chi connectivity index (χ0n) is 26.0. The molecule has 2 saturated carbocycles. The van der Waals surface area contributed by atoms with Crippen molar-refractivity contribution < 1.29 is 37.1 Å². The van der Waals surface area contributed by atoms with Crippen molar-refractivity contribution >= 4 is 33.8 Å². The first-order chi connectivity index (χ1) is 21.3. The van der Waals surface area contributed by atoms with Crippen molar-refractivity contribution in [2.24, 2.45) is 5.92 Å². The minimum absolute atomic E-state index is 0.0403. The molecule has 0 spiro atoms. The number of allylic oxidation sites excluding steroid dienone is 1. The second-order valence-electron chi connectivity index (χ2n) is 13.4. The molecule has 2 aliphatic carbocycles. The van der Waals surface area contributed by atoms with E-state index in [0.717, 1.165) is 12.8 Å². The van der Waals surface area contributed by atoms with E-state index in [1.807, 2.05) is 12.2 Å². The van der Waals surface area contributed by atoms with E-state index in [2.05, 4.69) is 20.3 Å². The number of sulfonamides is 1. The molecule has 0 unspecified atom stereocenters. The van der Waals surface area contributed by atoms with Gasteiger partial charge in [0, 0.05) is 24.6 Å². The van der Waals surface area contributed by atoms with Crippen LogP contribution < -0.4 is 20.1 Å². The van der Waals surface area contributed by atoms with Crippen LogP contribution in [0.4, 0.5) is 4.79 Å². The molecule has 0 aromatic carbocycles. The molecule has 14 heteroatoms. The van der Waals surface area contributed by atoms with Crippen molar-refractivity contribution in [2.45, 2.75) is 113 Å². The van der Waals surface area contributed by atoms with Crippen LogP contribution >= 0.6 is 0 Å². The number of hydrogen-bond acceptors (Lipinski definition) is 9. The van der Waals surface area contributed by atoms with Gasteiger partial charge in [-0.1, -0.05) is 31.1 Å². The van der Waals surface area contributed by atoms with Crippen molar-refractivity contribution in [3.05, 3.63) is 36.5 Å². The van der Waals surface area contributed by atoms with Gasteiger partial charge in [-0.05, 0) is 65.4 Å². The second kappa shape index (κ2) is 13.0. The SMILES string of the molecule is CC(C)(C)OC(=O)N[C@H]1CCCCCC=C[C@@H]2C[C@@]2(C(=O)NS(=O)(=O)C2CC2)NC(=O)[C@@H]2C[C@@H](Oc3ccccn3)CN2C1=O. The Morgan fingerprint density at radius 2 is 1.89 bits per heavy atom. The third kappa shape index (κ3) is 8.13. The summed E-state index contributed by atoms with van der Waals surface area (Å²) in [6, 6.07) is 3.16. The largest absolute Gasteiger partial charge is 0.472 e. The number of aromatic nitrogens is 1. The van der Waals surface area contributed by atoms with Gasteiger partial charge >= 0.3 is 6.09 Å². The van der Waals surface area contributed by atoms with Crippen LogP contribution in [0, 0.1) is 5.92 Å². The Hall–Kier alpha value is -3.68. The zero-order chi connectivity index (χ0) is 32.4. The normalized spacial score (nSPS) is 29.3. The number of nitrogens with one attached hydrogen (secondary N) is 3. The lowest BCUT2D eigenvalue weighted by Crippen LogP contribution is -2.58. The number of pyridine rings is 1. The molecule has 1 aromatic heterocycles. The predicted octanol–water partition coefficient (Wildman–Crippen LogP) is 2.33. The fourth-order valence-electron chi connectivity index (χ4n) is 5.88. The summed E-state index contributed by atoms with van der Waals surface area (Å²) < 4.78 is 39.0. The fourth-order valence-corrected chi connectivity index (χ4v) is 7.25. The topological polar surface area (TPSA) is 173 Å². The van der Waals surface area contributed by atoms with Gasteiger partial charge < -0.3 is 25.0 Å². The highest BCUT2D eigenvalue weighted by Crippen LogP contribution is 2.46. The molecule has 4 amide bonds. The summed E-state index contributed by atoms with van der Waals surface area (Å²) in [6.45, 7) is 5.22. The maximum atomic E-state index is 14.1. The number of alkyl carbamates (subject to hydrolysis) is 1. The van der Waals surface area contributed by atoms with E-state index in [1.165, 1.54) is 4.90 Å². The molecule has 0 radical (unpaired) electrons. The van der Waals surface area contributed by atoms with Gasteiger partial charge in [0.15, 0.2) is 0 Å². The van der Waals surface area contributed by atoms with Crippen molar-refractivity contribution in [1.29, 1.82) is 0 Å². The molecular formula is C31H43N5O8S. The van der Waals surface area contributed by atoms with Crippen LogP contribution in [0.5, 0.6) is 5.88 Å². The van der Waals surface area contributed by atoms with Gasteiger partial charge in [0.25, 0.3) is 5.91 Å². The smallest absolute Gasteiger partial charge is 0.408 e. The Labute approximate surface area is 263 Å². The number of nitrogens with zero attached hydrogens (tertiary/aromatic N) is 2. The third-order valence-electron chi connectivity index (χ3n) is 8.46. The summed E-state index contributed by atoms with van der Waals surface area (Å²) in [6.07, 6.45) is 8.64. The van der Waals surface area contributed by atoms with Gasteiger partial charge in [-0.2, -0.15) is 0 Å². The second-order valence-corrected chi connectivity index (χ2v) is 15.3. The lowest BCUT2D eigenvalue weighted by atomic mass is 10.0. The molecule has 45 heavy (non-hydrogen) atoms. The van der Waals surface area contributed by atoms with Crippen LogP contribution in [0.2, 0.25) is 0 Å². The molecule has 1 saturated heterocycles. The number of ether oxygens (including phenoxy) is 2. The molecular weight excluding hydrogens is 602 g/mol. The Morgan fingerprint density at radius 1 is 1.11 bits per heavy atom. The summed E-state index contributed by atoms with van der Waals surface area (Å²) >= 11 is 0. The number of amides is 4. The van der Waals surface area contributed by atoms with E-state index in [1.54, 1.807) is 45.2 Å². The fraction of sp³-hybridized carbons (Fsp3) is 0.645. The lowest BCUT2D eigenvalue weighted by molar-refractivity contribution is -0.141. The number of carbonyl (C=O) groups is 4. The Morgan fingerprint density at radius 3 is 2.58 bits per heavy atom. The van der Waals surface area contributed by atoms with Crippen LogP contribution in [-0.4, -0.2) is 83.2 Å². The highest BCUT2D eigenvalue weighted by Gasteiger charge is 2.62. The van der Waals surface area contributed by atoms with Crippen LogP contribution in [0.3, 0.4) is 0 Å². The number of carbonyl (C=O) groups excluding carboxylic acids is 4. The number of rotatable bonds is 6. The van der Waals surface area contributed by atoms with Gasteiger partial charge in [0.2, 0.25) is 27.7 Å². The average Bonchev–Trinajstić information content (AvgIpc) is 3.88.